The van der Waals surface area contributed by atoms with Gasteiger partial charge >= 0.3 is 5.97 Å². The number of rotatable bonds is 6. The minimum absolute atomic E-state index is 0.0790. The molecular weight excluding hydrogens is 276 g/mol. The zero-order valence-corrected chi connectivity index (χ0v) is 12.1. The number of ether oxygens (including phenoxy) is 2. The lowest BCUT2D eigenvalue weighted by atomic mass is 10.1. The van der Waals surface area contributed by atoms with Gasteiger partial charge in [-0.3, -0.25) is 4.79 Å². The topological polar surface area (TPSA) is 55.8 Å². The summed E-state index contributed by atoms with van der Waals surface area (Å²) in [4.78, 5) is 13.3. The number of carboxylic acid groups (broad SMARTS) is 1. The van der Waals surface area contributed by atoms with Crippen LogP contribution in [-0.4, -0.2) is 24.8 Å². The molecule has 0 spiro atoms. The Kier molecular flexibility index (Phi) is 4.63. The normalized spacial score (nSPS) is 11.9. The zero-order valence-electron chi connectivity index (χ0n) is 11.3. The summed E-state index contributed by atoms with van der Waals surface area (Å²) in [5, 5.41) is 9.34. The Hall–Kier alpha value is -2.01. The van der Waals surface area contributed by atoms with Crippen LogP contribution in [0, 0.1) is 6.92 Å². The van der Waals surface area contributed by atoms with Crippen molar-refractivity contribution in [3.63, 3.8) is 0 Å². The summed E-state index contributed by atoms with van der Waals surface area (Å²) in [7, 11) is 1.56. The number of aryl methyl sites for hydroxylation is 1. The van der Waals surface area contributed by atoms with Crippen LogP contribution in [0.4, 0.5) is 0 Å². The summed E-state index contributed by atoms with van der Waals surface area (Å²) in [5.41, 5.74) is 0. The number of hydrogen-bond acceptors (Lipinski definition) is 4. The maximum atomic E-state index is 11.4. The quantitative estimate of drug-likeness (QED) is 0.887. The number of carboxylic acids is 1. The van der Waals surface area contributed by atoms with Gasteiger partial charge in [0, 0.05) is 9.75 Å². The second-order valence-corrected chi connectivity index (χ2v) is 5.62. The predicted molar refractivity (Wildman–Crippen MR) is 77.9 cm³/mol. The number of methoxy groups -OCH3 is 1. The molecule has 0 amide bonds. The van der Waals surface area contributed by atoms with Crippen molar-refractivity contribution in [3.05, 3.63) is 46.2 Å². The van der Waals surface area contributed by atoms with E-state index in [1.807, 2.05) is 31.2 Å². The van der Waals surface area contributed by atoms with Crippen molar-refractivity contribution in [2.45, 2.75) is 12.8 Å². The summed E-state index contributed by atoms with van der Waals surface area (Å²) in [6.45, 7) is 2.03. The molecule has 2 aromatic rings. The number of benzene rings is 1. The highest BCUT2D eigenvalue weighted by atomic mass is 32.1. The van der Waals surface area contributed by atoms with Gasteiger partial charge in [-0.1, -0.05) is 12.1 Å². The molecule has 0 radical (unpaired) electrons. The van der Waals surface area contributed by atoms with Crippen molar-refractivity contribution in [1.82, 2.24) is 0 Å². The van der Waals surface area contributed by atoms with Crippen molar-refractivity contribution >= 4 is 17.3 Å². The summed E-state index contributed by atoms with van der Waals surface area (Å²) in [6.07, 6.45) is 0. The molecule has 106 valence electrons. The van der Waals surface area contributed by atoms with Gasteiger partial charge in [0.25, 0.3) is 0 Å². The zero-order chi connectivity index (χ0) is 14.5. The van der Waals surface area contributed by atoms with Crippen LogP contribution >= 0.6 is 11.3 Å². The third-order valence-electron chi connectivity index (χ3n) is 2.88. The highest BCUT2D eigenvalue weighted by Gasteiger charge is 2.23. The summed E-state index contributed by atoms with van der Waals surface area (Å²) < 4.78 is 10.8. The summed E-state index contributed by atoms with van der Waals surface area (Å²) in [5.74, 6) is -0.408. The van der Waals surface area contributed by atoms with Gasteiger partial charge in [-0.2, -0.15) is 0 Å². The van der Waals surface area contributed by atoms with Crippen LogP contribution < -0.4 is 9.47 Å². The fraction of sp³-hybridized carbons (Fsp3) is 0.267. The Morgan fingerprint density at radius 1 is 1.25 bits per heavy atom. The molecule has 1 aromatic heterocycles. The minimum Gasteiger partial charge on any atom is -0.493 e. The number of thiophene rings is 1. The molecule has 1 atom stereocenters. The van der Waals surface area contributed by atoms with E-state index in [0.29, 0.717) is 11.5 Å². The molecule has 1 aromatic carbocycles. The SMILES string of the molecule is COc1ccccc1OCC(C(=O)O)c1ccc(C)s1. The van der Waals surface area contributed by atoms with Crippen LogP contribution in [-0.2, 0) is 4.79 Å². The van der Waals surface area contributed by atoms with Gasteiger partial charge in [0.2, 0.25) is 0 Å². The van der Waals surface area contributed by atoms with Gasteiger partial charge in [-0.15, -0.1) is 11.3 Å². The predicted octanol–water partition coefficient (Wildman–Crippen LogP) is 3.31. The van der Waals surface area contributed by atoms with Crippen molar-refractivity contribution in [2.24, 2.45) is 0 Å². The first kappa shape index (κ1) is 14.4. The summed E-state index contributed by atoms with van der Waals surface area (Å²) in [6, 6.07) is 11.0. The van der Waals surface area contributed by atoms with E-state index in [9.17, 15) is 9.90 Å². The molecule has 0 saturated heterocycles. The lowest BCUT2D eigenvalue weighted by molar-refractivity contribution is -0.139. The molecule has 5 heteroatoms. The molecule has 0 bridgehead atoms. The average Bonchev–Trinajstić information content (AvgIpc) is 2.85. The van der Waals surface area contributed by atoms with E-state index in [1.165, 1.54) is 11.3 Å². The smallest absolute Gasteiger partial charge is 0.315 e. The molecule has 1 unspecified atom stereocenters. The second kappa shape index (κ2) is 6.43. The monoisotopic (exact) mass is 292 g/mol. The Bertz CT molecular complexity index is 591. The van der Waals surface area contributed by atoms with Crippen LogP contribution in [0.3, 0.4) is 0 Å². The Morgan fingerprint density at radius 3 is 2.50 bits per heavy atom. The average molecular weight is 292 g/mol. The van der Waals surface area contributed by atoms with Crippen molar-refractivity contribution in [3.8, 4) is 11.5 Å². The van der Waals surface area contributed by atoms with Crippen LogP contribution in [0.1, 0.15) is 15.7 Å². The number of para-hydroxylation sites is 2. The van der Waals surface area contributed by atoms with Gasteiger partial charge in [0.05, 0.1) is 7.11 Å². The minimum atomic E-state index is -0.887. The third kappa shape index (κ3) is 3.30. The molecule has 0 aliphatic rings. The third-order valence-corrected chi connectivity index (χ3v) is 3.99. The molecule has 0 aliphatic heterocycles. The van der Waals surface area contributed by atoms with Crippen LogP contribution in [0.25, 0.3) is 0 Å². The van der Waals surface area contributed by atoms with Crippen molar-refractivity contribution in [2.75, 3.05) is 13.7 Å². The molecule has 4 nitrogen and oxygen atoms in total. The lowest BCUT2D eigenvalue weighted by Gasteiger charge is -2.14. The van der Waals surface area contributed by atoms with Crippen LogP contribution in [0.2, 0.25) is 0 Å². The molecule has 0 fully saturated rings. The number of aliphatic carboxylic acids is 1. The first-order valence-electron chi connectivity index (χ1n) is 6.16. The second-order valence-electron chi connectivity index (χ2n) is 4.30. The fourth-order valence-corrected chi connectivity index (χ4v) is 2.78. The van der Waals surface area contributed by atoms with Gasteiger partial charge in [0.1, 0.15) is 12.5 Å². The van der Waals surface area contributed by atoms with Gasteiger partial charge in [-0.05, 0) is 31.2 Å². The van der Waals surface area contributed by atoms with E-state index in [1.54, 1.807) is 19.2 Å². The maximum absolute atomic E-state index is 11.4. The molecule has 0 saturated carbocycles. The van der Waals surface area contributed by atoms with Gasteiger partial charge < -0.3 is 14.6 Å². The van der Waals surface area contributed by atoms with Crippen molar-refractivity contribution in [1.29, 1.82) is 0 Å². The highest BCUT2D eigenvalue weighted by molar-refractivity contribution is 7.12. The van der Waals surface area contributed by atoms with Crippen LogP contribution in [0.15, 0.2) is 36.4 Å². The maximum Gasteiger partial charge on any atom is 0.315 e. The molecule has 2 rings (SSSR count). The molecular formula is C15H16O4S. The van der Waals surface area contributed by atoms with E-state index < -0.39 is 11.9 Å². The Balaban J connectivity index is 2.12. The molecule has 1 N–H and O–H groups in total. The summed E-state index contributed by atoms with van der Waals surface area (Å²) >= 11 is 1.48. The number of hydrogen-bond donors (Lipinski definition) is 1. The van der Waals surface area contributed by atoms with E-state index >= 15 is 0 Å². The van der Waals surface area contributed by atoms with Crippen molar-refractivity contribution < 1.29 is 19.4 Å². The molecule has 20 heavy (non-hydrogen) atoms. The highest BCUT2D eigenvalue weighted by Crippen LogP contribution is 2.29. The standard InChI is InChI=1S/C15H16O4S/c1-10-7-8-14(20-10)11(15(16)17)9-19-13-6-4-3-5-12(13)18-2/h3-8,11H,9H2,1-2H3,(H,16,17). The van der Waals surface area contributed by atoms with E-state index in [4.69, 9.17) is 9.47 Å². The fourth-order valence-electron chi connectivity index (χ4n) is 1.83. The van der Waals surface area contributed by atoms with E-state index in [0.717, 1.165) is 9.75 Å². The van der Waals surface area contributed by atoms with Gasteiger partial charge in [-0.25, -0.2) is 0 Å². The lowest BCUT2D eigenvalue weighted by Crippen LogP contribution is -2.18. The molecule has 0 aliphatic carbocycles. The van der Waals surface area contributed by atoms with E-state index in [2.05, 4.69) is 0 Å². The van der Waals surface area contributed by atoms with Crippen LogP contribution in [0.5, 0.6) is 11.5 Å². The number of carbonyl (C=O) groups is 1. The Morgan fingerprint density at radius 2 is 1.95 bits per heavy atom. The Labute approximate surface area is 121 Å². The van der Waals surface area contributed by atoms with E-state index in [-0.39, 0.29) is 6.61 Å². The molecule has 1 heterocycles. The largest absolute Gasteiger partial charge is 0.493 e. The van der Waals surface area contributed by atoms with Gasteiger partial charge in [0.15, 0.2) is 11.5 Å². The first-order chi connectivity index (χ1) is 9.61. The first-order valence-corrected chi connectivity index (χ1v) is 6.98.